The van der Waals surface area contributed by atoms with Crippen LogP contribution in [0.5, 0.6) is 0 Å². The van der Waals surface area contributed by atoms with Crippen LogP contribution in [0.15, 0.2) is 0 Å². The molecular formula is C15H27NO2. The molecule has 0 aromatic rings. The molecule has 3 heteroatoms. The maximum Gasteiger partial charge on any atom is 0.136 e. The highest BCUT2D eigenvalue weighted by molar-refractivity contribution is 5.81. The predicted octanol–water partition coefficient (Wildman–Crippen LogP) is 2.68. The largest absolute Gasteiger partial charge is 0.375 e. The third-order valence-corrected chi connectivity index (χ3v) is 4.37. The number of carbonyl (C=O) groups excluding carboxylic acids is 1. The number of ketones is 1. The zero-order chi connectivity index (χ0) is 13.0. The zero-order valence-electron chi connectivity index (χ0n) is 11.8. The van der Waals surface area contributed by atoms with Crippen LogP contribution in [0, 0.1) is 5.92 Å². The molecule has 1 atom stereocenters. The minimum absolute atomic E-state index is 0.106. The molecule has 3 nitrogen and oxygen atoms in total. The van der Waals surface area contributed by atoms with Crippen LogP contribution in [0.3, 0.4) is 0 Å². The Bertz CT molecular complexity index is 284. The van der Waals surface area contributed by atoms with Gasteiger partial charge in [-0.05, 0) is 45.1 Å². The Morgan fingerprint density at radius 3 is 2.83 bits per heavy atom. The first kappa shape index (κ1) is 14.0. The van der Waals surface area contributed by atoms with Gasteiger partial charge in [0.15, 0.2) is 0 Å². The van der Waals surface area contributed by atoms with Crippen molar-refractivity contribution in [1.29, 1.82) is 0 Å². The van der Waals surface area contributed by atoms with Crippen molar-refractivity contribution in [2.45, 2.75) is 70.4 Å². The van der Waals surface area contributed by atoms with Gasteiger partial charge < -0.3 is 10.1 Å². The Labute approximate surface area is 111 Å². The summed E-state index contributed by atoms with van der Waals surface area (Å²) in [6.07, 6.45) is 7.26. The van der Waals surface area contributed by atoms with Gasteiger partial charge in [-0.25, -0.2) is 0 Å². The van der Waals surface area contributed by atoms with E-state index in [0.717, 1.165) is 38.8 Å². The molecule has 0 aromatic carbocycles. The highest BCUT2D eigenvalue weighted by Gasteiger charge is 2.43. The molecule has 1 N–H and O–H groups in total. The summed E-state index contributed by atoms with van der Waals surface area (Å²) in [5.74, 6) is 0.744. The van der Waals surface area contributed by atoms with Crippen LogP contribution < -0.4 is 5.32 Å². The van der Waals surface area contributed by atoms with E-state index in [1.165, 1.54) is 19.3 Å². The van der Waals surface area contributed by atoms with E-state index >= 15 is 0 Å². The Kier molecular flexibility index (Phi) is 4.79. The van der Waals surface area contributed by atoms with Crippen LogP contribution in [-0.4, -0.2) is 30.6 Å². The van der Waals surface area contributed by atoms with E-state index in [1.54, 1.807) is 0 Å². The molecule has 0 bridgehead atoms. The van der Waals surface area contributed by atoms with Crippen molar-refractivity contribution in [3.63, 3.8) is 0 Å². The molecule has 18 heavy (non-hydrogen) atoms. The molecule has 0 amide bonds. The van der Waals surface area contributed by atoms with Crippen LogP contribution in [0.2, 0.25) is 0 Å². The second-order valence-corrected chi connectivity index (χ2v) is 6.25. The van der Waals surface area contributed by atoms with Gasteiger partial charge in [0.1, 0.15) is 5.78 Å². The molecule has 1 heterocycles. The summed E-state index contributed by atoms with van der Waals surface area (Å²) in [7, 11) is 0. The first-order valence-electron chi connectivity index (χ1n) is 7.51. The Hall–Kier alpha value is -0.410. The number of ether oxygens (including phenoxy) is 1. The number of hydrogen-bond donors (Lipinski definition) is 1. The molecule has 1 aliphatic heterocycles. The molecule has 0 radical (unpaired) electrons. The van der Waals surface area contributed by atoms with E-state index in [-0.39, 0.29) is 11.5 Å². The summed E-state index contributed by atoms with van der Waals surface area (Å²) in [6.45, 7) is 6.03. The van der Waals surface area contributed by atoms with Crippen molar-refractivity contribution in [2.75, 3.05) is 13.2 Å². The summed E-state index contributed by atoms with van der Waals surface area (Å²) in [6, 6.07) is 0.515. The fraction of sp³-hybridized carbons (Fsp3) is 0.933. The Morgan fingerprint density at radius 2 is 2.22 bits per heavy atom. The van der Waals surface area contributed by atoms with Gasteiger partial charge in [-0.2, -0.15) is 0 Å². The molecule has 1 spiro atoms. The van der Waals surface area contributed by atoms with Gasteiger partial charge in [0, 0.05) is 25.0 Å². The van der Waals surface area contributed by atoms with Crippen LogP contribution >= 0.6 is 0 Å². The third kappa shape index (κ3) is 3.55. The third-order valence-electron chi connectivity index (χ3n) is 4.37. The van der Waals surface area contributed by atoms with E-state index in [9.17, 15) is 4.79 Å². The summed E-state index contributed by atoms with van der Waals surface area (Å²) < 4.78 is 5.87. The molecule has 1 saturated carbocycles. The first-order valence-corrected chi connectivity index (χ1v) is 7.51. The average molecular weight is 253 g/mol. The highest BCUT2D eigenvalue weighted by Crippen LogP contribution is 2.44. The molecule has 2 aliphatic rings. The molecule has 2 rings (SSSR count). The summed E-state index contributed by atoms with van der Waals surface area (Å²) in [5, 5.41) is 3.37. The van der Waals surface area contributed by atoms with E-state index in [2.05, 4.69) is 19.2 Å². The lowest BCUT2D eigenvalue weighted by atomic mass is 9.71. The van der Waals surface area contributed by atoms with E-state index in [4.69, 9.17) is 4.74 Å². The number of rotatable bonds is 6. The van der Waals surface area contributed by atoms with E-state index in [0.29, 0.717) is 11.8 Å². The predicted molar refractivity (Wildman–Crippen MR) is 72.6 cm³/mol. The summed E-state index contributed by atoms with van der Waals surface area (Å²) in [5.41, 5.74) is 0.106. The maximum atomic E-state index is 12.2. The highest BCUT2D eigenvalue weighted by atomic mass is 16.5. The van der Waals surface area contributed by atoms with Gasteiger partial charge in [0.25, 0.3) is 0 Å². The van der Waals surface area contributed by atoms with Crippen molar-refractivity contribution in [3.8, 4) is 0 Å². The standard InChI is InChI=1S/C15H27NO2/c1-12(2)16-9-3-5-14(17)13-6-10-18-15(11-13)7-4-8-15/h12-13,16H,3-11H2,1-2H3. The van der Waals surface area contributed by atoms with Crippen LogP contribution in [-0.2, 0) is 9.53 Å². The average Bonchev–Trinajstić information content (AvgIpc) is 2.32. The van der Waals surface area contributed by atoms with Gasteiger partial charge in [0.2, 0.25) is 0 Å². The van der Waals surface area contributed by atoms with Crippen molar-refractivity contribution in [3.05, 3.63) is 0 Å². The molecule has 0 aromatic heterocycles. The number of Topliss-reactive ketones (excluding diaryl/α,β-unsaturated/α-hetero) is 1. The SMILES string of the molecule is CC(C)NCCCC(=O)C1CCOC2(CCC2)C1. The zero-order valence-corrected chi connectivity index (χ0v) is 11.8. The minimum Gasteiger partial charge on any atom is -0.375 e. The van der Waals surface area contributed by atoms with Gasteiger partial charge in [-0.15, -0.1) is 0 Å². The fourth-order valence-electron chi connectivity index (χ4n) is 3.08. The molecule has 1 unspecified atom stereocenters. The van der Waals surface area contributed by atoms with E-state index in [1.807, 2.05) is 0 Å². The van der Waals surface area contributed by atoms with Crippen molar-refractivity contribution < 1.29 is 9.53 Å². The van der Waals surface area contributed by atoms with Crippen LogP contribution in [0.4, 0.5) is 0 Å². The van der Waals surface area contributed by atoms with Gasteiger partial charge in [0.05, 0.1) is 5.60 Å². The normalized spacial score (nSPS) is 26.3. The Morgan fingerprint density at radius 1 is 1.44 bits per heavy atom. The topological polar surface area (TPSA) is 38.3 Å². The van der Waals surface area contributed by atoms with E-state index < -0.39 is 0 Å². The lowest BCUT2D eigenvalue weighted by Gasteiger charge is -2.46. The van der Waals surface area contributed by atoms with Gasteiger partial charge in [-0.3, -0.25) is 4.79 Å². The van der Waals surface area contributed by atoms with Crippen molar-refractivity contribution >= 4 is 5.78 Å². The number of hydrogen-bond acceptors (Lipinski definition) is 3. The van der Waals surface area contributed by atoms with Crippen LogP contribution in [0.1, 0.15) is 58.8 Å². The second kappa shape index (κ2) is 6.16. The van der Waals surface area contributed by atoms with Crippen molar-refractivity contribution in [1.82, 2.24) is 5.32 Å². The Balaban J connectivity index is 1.68. The maximum absolute atomic E-state index is 12.2. The summed E-state index contributed by atoms with van der Waals surface area (Å²) >= 11 is 0. The molecule has 1 saturated heterocycles. The molecule has 1 aliphatic carbocycles. The lowest BCUT2D eigenvalue weighted by Crippen LogP contribution is -2.47. The number of carbonyl (C=O) groups is 1. The molecular weight excluding hydrogens is 226 g/mol. The fourth-order valence-corrected chi connectivity index (χ4v) is 3.08. The minimum atomic E-state index is 0.106. The molecule has 104 valence electrons. The van der Waals surface area contributed by atoms with Crippen LogP contribution in [0.25, 0.3) is 0 Å². The summed E-state index contributed by atoms with van der Waals surface area (Å²) in [4.78, 5) is 12.2. The van der Waals surface area contributed by atoms with Gasteiger partial charge in [-0.1, -0.05) is 13.8 Å². The quantitative estimate of drug-likeness (QED) is 0.740. The smallest absolute Gasteiger partial charge is 0.136 e. The second-order valence-electron chi connectivity index (χ2n) is 6.25. The van der Waals surface area contributed by atoms with Gasteiger partial charge >= 0.3 is 0 Å². The lowest BCUT2D eigenvalue weighted by molar-refractivity contribution is -0.155. The number of nitrogens with one attached hydrogen (secondary N) is 1. The molecule has 2 fully saturated rings. The monoisotopic (exact) mass is 253 g/mol. The van der Waals surface area contributed by atoms with Crippen molar-refractivity contribution in [2.24, 2.45) is 5.92 Å². The first-order chi connectivity index (χ1) is 8.61.